The predicted molar refractivity (Wildman–Crippen MR) is 87.7 cm³/mol. The Morgan fingerprint density at radius 1 is 1.00 bits per heavy atom. The van der Waals surface area contributed by atoms with Gasteiger partial charge in [0.25, 0.3) is 0 Å². The normalized spacial score (nSPS) is 38.6. The predicted octanol–water partition coefficient (Wildman–Crippen LogP) is -0.211. The molecule has 7 heteroatoms. The molecule has 0 bridgehead atoms. The number of hydrogen-bond donors (Lipinski definition) is 5. The molecule has 132 valence electrons. The van der Waals surface area contributed by atoms with E-state index in [1.807, 2.05) is 7.05 Å². The number of carboxylic acid groups (broad SMARTS) is 1. The van der Waals surface area contributed by atoms with E-state index in [0.717, 1.165) is 12.8 Å². The minimum absolute atomic E-state index is 0.00252. The summed E-state index contributed by atoms with van der Waals surface area (Å²) in [4.78, 5) is 23.7. The number of likely N-dealkylation sites (N-methyl/N-ethyl adjacent to an activating group) is 1. The summed E-state index contributed by atoms with van der Waals surface area (Å²) in [7, 11) is 1.90. The quantitative estimate of drug-likeness (QED) is 0.454. The fourth-order valence-corrected chi connectivity index (χ4v) is 3.94. The Morgan fingerprint density at radius 3 is 2.30 bits per heavy atom. The van der Waals surface area contributed by atoms with Crippen LogP contribution in [-0.4, -0.2) is 48.2 Å². The standard InChI is InChI=1S/C16H30N4O3/c1-19-14-5-3-9(7-13(14)18)15(21)20-12-4-2-10(16(22)23)6-11(17)8-12/h9-14,19H,2-8,17-18H2,1H3,(H,20,21)(H,22,23). The van der Waals surface area contributed by atoms with Gasteiger partial charge < -0.3 is 27.2 Å². The molecule has 23 heavy (non-hydrogen) atoms. The highest BCUT2D eigenvalue weighted by atomic mass is 16.4. The first-order valence-corrected chi connectivity index (χ1v) is 8.62. The van der Waals surface area contributed by atoms with Crippen molar-refractivity contribution in [3.63, 3.8) is 0 Å². The van der Waals surface area contributed by atoms with Crippen LogP contribution >= 0.6 is 0 Å². The molecule has 6 atom stereocenters. The summed E-state index contributed by atoms with van der Waals surface area (Å²) in [6.07, 6.45) is 4.80. The summed E-state index contributed by atoms with van der Waals surface area (Å²) in [6, 6.07) is 0.0743. The molecule has 7 N–H and O–H groups in total. The van der Waals surface area contributed by atoms with Crippen LogP contribution in [0.15, 0.2) is 0 Å². The average Bonchev–Trinajstić information content (AvgIpc) is 2.68. The van der Waals surface area contributed by atoms with E-state index in [0.29, 0.717) is 32.1 Å². The zero-order valence-corrected chi connectivity index (χ0v) is 13.8. The third-order valence-corrected chi connectivity index (χ3v) is 5.37. The van der Waals surface area contributed by atoms with Crippen molar-refractivity contribution in [1.29, 1.82) is 0 Å². The molecule has 0 saturated heterocycles. The monoisotopic (exact) mass is 326 g/mol. The number of amides is 1. The number of aliphatic carboxylic acids is 1. The second-order valence-corrected chi connectivity index (χ2v) is 7.12. The van der Waals surface area contributed by atoms with Gasteiger partial charge in [-0.2, -0.15) is 0 Å². The average molecular weight is 326 g/mol. The van der Waals surface area contributed by atoms with E-state index in [4.69, 9.17) is 16.6 Å². The maximum Gasteiger partial charge on any atom is 0.306 e. The molecular formula is C16H30N4O3. The fourth-order valence-electron chi connectivity index (χ4n) is 3.94. The van der Waals surface area contributed by atoms with Crippen LogP contribution in [0.3, 0.4) is 0 Å². The van der Waals surface area contributed by atoms with E-state index in [-0.39, 0.29) is 36.0 Å². The minimum atomic E-state index is -0.788. The first-order valence-electron chi connectivity index (χ1n) is 8.62. The van der Waals surface area contributed by atoms with Crippen molar-refractivity contribution in [2.45, 2.75) is 69.1 Å². The summed E-state index contributed by atoms with van der Waals surface area (Å²) in [5.41, 5.74) is 12.1. The van der Waals surface area contributed by atoms with Gasteiger partial charge >= 0.3 is 5.97 Å². The van der Waals surface area contributed by atoms with Crippen LogP contribution in [-0.2, 0) is 9.59 Å². The Bertz CT molecular complexity index is 432. The Labute approximate surface area is 137 Å². The van der Waals surface area contributed by atoms with Gasteiger partial charge in [-0.25, -0.2) is 0 Å². The number of nitrogens with two attached hydrogens (primary N) is 2. The molecule has 2 aliphatic rings. The maximum absolute atomic E-state index is 12.5. The van der Waals surface area contributed by atoms with Crippen molar-refractivity contribution in [3.05, 3.63) is 0 Å². The molecular weight excluding hydrogens is 296 g/mol. The highest BCUT2D eigenvalue weighted by Crippen LogP contribution is 2.26. The van der Waals surface area contributed by atoms with Gasteiger partial charge in [0.2, 0.25) is 5.91 Å². The second-order valence-electron chi connectivity index (χ2n) is 7.12. The molecule has 6 unspecified atom stereocenters. The molecule has 0 radical (unpaired) electrons. The Balaban J connectivity index is 1.86. The third-order valence-electron chi connectivity index (χ3n) is 5.37. The minimum Gasteiger partial charge on any atom is -0.481 e. The maximum atomic E-state index is 12.5. The van der Waals surface area contributed by atoms with Crippen LogP contribution < -0.4 is 22.1 Å². The largest absolute Gasteiger partial charge is 0.481 e. The van der Waals surface area contributed by atoms with Crippen LogP contribution in [0.4, 0.5) is 0 Å². The number of hydrogen-bond acceptors (Lipinski definition) is 5. The Hall–Kier alpha value is -1.18. The van der Waals surface area contributed by atoms with Gasteiger partial charge in [-0.1, -0.05) is 0 Å². The summed E-state index contributed by atoms with van der Waals surface area (Å²) in [5.74, 6) is -1.19. The lowest BCUT2D eigenvalue weighted by molar-refractivity contribution is -0.142. The molecule has 2 saturated carbocycles. The lowest BCUT2D eigenvalue weighted by Gasteiger charge is -2.34. The molecule has 0 heterocycles. The third kappa shape index (κ3) is 4.89. The van der Waals surface area contributed by atoms with E-state index in [9.17, 15) is 9.59 Å². The van der Waals surface area contributed by atoms with Crippen LogP contribution in [0.1, 0.15) is 44.9 Å². The lowest BCUT2D eigenvalue weighted by atomic mass is 9.82. The first kappa shape index (κ1) is 18.2. The molecule has 2 fully saturated rings. The molecule has 7 nitrogen and oxygen atoms in total. The summed E-state index contributed by atoms with van der Waals surface area (Å²) in [5, 5.41) is 15.4. The molecule has 0 spiro atoms. The molecule has 0 aromatic carbocycles. The van der Waals surface area contributed by atoms with Gasteiger partial charge in [-0.05, 0) is 52.0 Å². The van der Waals surface area contributed by atoms with Crippen molar-refractivity contribution in [1.82, 2.24) is 10.6 Å². The topological polar surface area (TPSA) is 130 Å². The lowest BCUT2D eigenvalue weighted by Crippen LogP contribution is -2.51. The summed E-state index contributed by atoms with van der Waals surface area (Å²) < 4.78 is 0. The van der Waals surface area contributed by atoms with E-state index >= 15 is 0 Å². The van der Waals surface area contributed by atoms with Crippen LogP contribution in [0.5, 0.6) is 0 Å². The van der Waals surface area contributed by atoms with E-state index in [1.54, 1.807) is 0 Å². The zero-order valence-electron chi connectivity index (χ0n) is 13.8. The van der Waals surface area contributed by atoms with Gasteiger partial charge in [0, 0.05) is 30.1 Å². The van der Waals surface area contributed by atoms with Crippen molar-refractivity contribution in [2.75, 3.05) is 7.05 Å². The van der Waals surface area contributed by atoms with Gasteiger partial charge in [0.15, 0.2) is 0 Å². The summed E-state index contributed by atoms with van der Waals surface area (Å²) >= 11 is 0. The molecule has 2 aliphatic carbocycles. The van der Waals surface area contributed by atoms with Crippen molar-refractivity contribution in [3.8, 4) is 0 Å². The molecule has 0 aliphatic heterocycles. The Kier molecular flexibility index (Phi) is 6.38. The van der Waals surface area contributed by atoms with Crippen molar-refractivity contribution >= 4 is 11.9 Å². The number of nitrogens with one attached hydrogen (secondary N) is 2. The van der Waals surface area contributed by atoms with E-state index in [1.165, 1.54) is 0 Å². The fraction of sp³-hybridized carbons (Fsp3) is 0.875. The number of carbonyl (C=O) groups is 2. The second kappa shape index (κ2) is 8.08. The smallest absolute Gasteiger partial charge is 0.306 e. The SMILES string of the molecule is CNC1CCC(C(=O)NC2CCC(C(=O)O)CC(N)C2)CC1N. The van der Waals surface area contributed by atoms with E-state index in [2.05, 4.69) is 10.6 Å². The van der Waals surface area contributed by atoms with E-state index < -0.39 is 11.9 Å². The van der Waals surface area contributed by atoms with Crippen LogP contribution in [0.2, 0.25) is 0 Å². The van der Waals surface area contributed by atoms with Crippen LogP contribution in [0, 0.1) is 11.8 Å². The zero-order chi connectivity index (χ0) is 17.0. The Morgan fingerprint density at radius 2 is 1.70 bits per heavy atom. The van der Waals surface area contributed by atoms with Crippen molar-refractivity contribution < 1.29 is 14.7 Å². The molecule has 0 aromatic heterocycles. The van der Waals surface area contributed by atoms with Crippen LogP contribution in [0.25, 0.3) is 0 Å². The summed E-state index contributed by atoms with van der Waals surface area (Å²) in [6.45, 7) is 0. The molecule has 0 aromatic rings. The highest BCUT2D eigenvalue weighted by molar-refractivity contribution is 5.79. The van der Waals surface area contributed by atoms with Gasteiger partial charge in [0.1, 0.15) is 0 Å². The van der Waals surface area contributed by atoms with Crippen molar-refractivity contribution in [2.24, 2.45) is 23.3 Å². The number of rotatable bonds is 4. The highest BCUT2D eigenvalue weighted by Gasteiger charge is 2.33. The van der Waals surface area contributed by atoms with Gasteiger partial charge in [-0.15, -0.1) is 0 Å². The van der Waals surface area contributed by atoms with Gasteiger partial charge in [0.05, 0.1) is 5.92 Å². The van der Waals surface area contributed by atoms with Gasteiger partial charge in [-0.3, -0.25) is 9.59 Å². The number of carboxylic acids is 1. The molecule has 2 rings (SSSR count). The number of carbonyl (C=O) groups excluding carboxylic acids is 1. The molecule has 1 amide bonds. The first-order chi connectivity index (χ1) is 10.9.